The van der Waals surface area contributed by atoms with E-state index in [1.165, 1.54) is 6.92 Å². The number of carbonyl (C=O) groups is 2. The Bertz CT molecular complexity index is 212. The molecule has 0 aliphatic heterocycles. The summed E-state index contributed by atoms with van der Waals surface area (Å²) in [5.41, 5.74) is 0. The minimum Gasteiger partial charge on any atom is -0.385 e. The van der Waals surface area contributed by atoms with E-state index in [1.807, 2.05) is 0 Å². The third-order valence-corrected chi connectivity index (χ3v) is 1.44. The zero-order valence-corrected chi connectivity index (χ0v) is 7.04. The highest BCUT2D eigenvalue weighted by molar-refractivity contribution is 5.88. The summed E-state index contributed by atoms with van der Waals surface area (Å²) in [6.45, 7) is 1.25. The summed E-state index contributed by atoms with van der Waals surface area (Å²) in [6, 6.07) is 0. The van der Waals surface area contributed by atoms with Gasteiger partial charge in [0.05, 0.1) is 0 Å². The molecule has 0 aromatic heterocycles. The second-order valence-corrected chi connectivity index (χ2v) is 2.57. The average Bonchev–Trinajstić information content (AvgIpc) is 2.00. The van der Waals surface area contributed by atoms with Crippen molar-refractivity contribution in [3.8, 4) is 12.3 Å². The first-order chi connectivity index (χ1) is 5.57. The number of carbonyl (C=O) groups excluding carboxylic acids is 2. The normalized spacial score (nSPS) is 11.8. The Morgan fingerprint density at radius 3 is 2.58 bits per heavy atom. The van der Waals surface area contributed by atoms with Gasteiger partial charge in [0.15, 0.2) is 5.78 Å². The molecular weight excluding hydrogens is 156 g/mol. The first kappa shape index (κ1) is 10.9. The van der Waals surface area contributed by atoms with E-state index in [0.717, 1.165) is 0 Å². The number of hydrogen-bond acceptors (Lipinski definition) is 3. The van der Waals surface area contributed by atoms with Gasteiger partial charge in [0.1, 0.15) is 11.9 Å². The van der Waals surface area contributed by atoms with Gasteiger partial charge in [-0.2, -0.15) is 0 Å². The van der Waals surface area contributed by atoms with Crippen molar-refractivity contribution < 1.29 is 14.7 Å². The molecule has 66 valence electrons. The topological polar surface area (TPSA) is 54.4 Å². The fraction of sp³-hybridized carbons (Fsp3) is 0.556. The Morgan fingerprint density at radius 1 is 1.58 bits per heavy atom. The molecular formula is C9H12O3. The number of aliphatic hydroxyl groups excluding tert-OH is 1. The van der Waals surface area contributed by atoms with Crippen LogP contribution >= 0.6 is 0 Å². The molecule has 0 amide bonds. The van der Waals surface area contributed by atoms with E-state index in [0.29, 0.717) is 6.42 Å². The predicted octanol–water partition coefficient (Wildman–Crippen LogP) is 0.309. The van der Waals surface area contributed by atoms with E-state index in [2.05, 4.69) is 5.92 Å². The van der Waals surface area contributed by atoms with Crippen molar-refractivity contribution in [1.29, 1.82) is 0 Å². The maximum absolute atomic E-state index is 10.9. The molecule has 1 unspecified atom stereocenters. The van der Waals surface area contributed by atoms with Gasteiger partial charge < -0.3 is 5.11 Å². The third kappa shape index (κ3) is 4.64. The summed E-state index contributed by atoms with van der Waals surface area (Å²) in [6.07, 6.45) is 4.27. The van der Waals surface area contributed by atoms with Crippen molar-refractivity contribution in [2.45, 2.75) is 32.3 Å². The van der Waals surface area contributed by atoms with Gasteiger partial charge in [-0.15, -0.1) is 12.3 Å². The van der Waals surface area contributed by atoms with Crippen LogP contribution in [0.5, 0.6) is 0 Å². The molecule has 0 aliphatic carbocycles. The molecule has 3 heteroatoms. The van der Waals surface area contributed by atoms with Crippen LogP contribution in [0.2, 0.25) is 0 Å². The number of Topliss-reactive ketones (excluding diaryl/α,β-unsaturated/α-hetero) is 2. The van der Waals surface area contributed by atoms with Crippen LogP contribution in [0.3, 0.4) is 0 Å². The van der Waals surface area contributed by atoms with Gasteiger partial charge in [-0.05, 0) is 6.92 Å². The molecule has 0 saturated heterocycles. The smallest absolute Gasteiger partial charge is 0.158 e. The van der Waals surface area contributed by atoms with Gasteiger partial charge in [-0.25, -0.2) is 0 Å². The summed E-state index contributed by atoms with van der Waals surface area (Å²) in [5.74, 6) is 1.76. The van der Waals surface area contributed by atoms with Crippen molar-refractivity contribution in [1.82, 2.24) is 0 Å². The van der Waals surface area contributed by atoms with E-state index >= 15 is 0 Å². The fourth-order valence-corrected chi connectivity index (χ4v) is 0.673. The molecule has 0 spiro atoms. The minimum absolute atomic E-state index is 0.114. The first-order valence-electron chi connectivity index (χ1n) is 3.71. The lowest BCUT2D eigenvalue weighted by Crippen LogP contribution is -2.20. The summed E-state index contributed by atoms with van der Waals surface area (Å²) in [5, 5.41) is 8.97. The third-order valence-electron chi connectivity index (χ3n) is 1.44. The van der Waals surface area contributed by atoms with E-state index < -0.39 is 6.10 Å². The molecule has 0 heterocycles. The van der Waals surface area contributed by atoms with Crippen molar-refractivity contribution in [2.24, 2.45) is 0 Å². The molecule has 1 atom stereocenters. The summed E-state index contributed by atoms with van der Waals surface area (Å²) in [7, 11) is 0. The van der Waals surface area contributed by atoms with Crippen molar-refractivity contribution in [3.05, 3.63) is 0 Å². The lowest BCUT2D eigenvalue weighted by Gasteiger charge is -2.03. The Kier molecular flexibility index (Phi) is 4.98. The van der Waals surface area contributed by atoms with Gasteiger partial charge in [0.25, 0.3) is 0 Å². The van der Waals surface area contributed by atoms with Crippen LogP contribution in [-0.4, -0.2) is 22.8 Å². The average molecular weight is 168 g/mol. The van der Waals surface area contributed by atoms with Crippen LogP contribution in [0, 0.1) is 12.3 Å². The number of rotatable bonds is 5. The highest BCUT2D eigenvalue weighted by Crippen LogP contribution is 1.99. The Balaban J connectivity index is 3.71. The molecule has 0 saturated carbocycles. The zero-order chi connectivity index (χ0) is 9.56. The number of ketones is 2. The molecule has 0 fully saturated rings. The standard InChI is InChI=1S/C9H12O3/c1-3-4-5-8(11)6-9(12)7(2)10/h1,9,12H,4-6H2,2H3. The summed E-state index contributed by atoms with van der Waals surface area (Å²) >= 11 is 0. The predicted molar refractivity (Wildman–Crippen MR) is 44.4 cm³/mol. The van der Waals surface area contributed by atoms with Gasteiger partial charge in [-0.3, -0.25) is 9.59 Å². The zero-order valence-electron chi connectivity index (χ0n) is 7.04. The number of hydrogen-bond donors (Lipinski definition) is 1. The minimum atomic E-state index is -1.16. The largest absolute Gasteiger partial charge is 0.385 e. The maximum atomic E-state index is 10.9. The van der Waals surface area contributed by atoms with Crippen molar-refractivity contribution >= 4 is 11.6 Å². The SMILES string of the molecule is C#CCCC(=O)CC(O)C(C)=O. The summed E-state index contributed by atoms with van der Waals surface area (Å²) in [4.78, 5) is 21.4. The molecule has 0 radical (unpaired) electrons. The monoisotopic (exact) mass is 168 g/mol. The molecule has 1 N–H and O–H groups in total. The van der Waals surface area contributed by atoms with E-state index in [1.54, 1.807) is 0 Å². The second kappa shape index (κ2) is 5.50. The van der Waals surface area contributed by atoms with E-state index in [-0.39, 0.29) is 24.4 Å². The van der Waals surface area contributed by atoms with Gasteiger partial charge >= 0.3 is 0 Å². The highest BCUT2D eigenvalue weighted by atomic mass is 16.3. The lowest BCUT2D eigenvalue weighted by atomic mass is 10.1. The van der Waals surface area contributed by atoms with Gasteiger partial charge in [0.2, 0.25) is 0 Å². The Labute approximate surface area is 71.8 Å². The van der Waals surface area contributed by atoms with Crippen molar-refractivity contribution in [2.75, 3.05) is 0 Å². The van der Waals surface area contributed by atoms with Crippen LogP contribution in [0.25, 0.3) is 0 Å². The van der Waals surface area contributed by atoms with E-state index in [9.17, 15) is 9.59 Å². The molecule has 0 aliphatic rings. The quantitative estimate of drug-likeness (QED) is 0.601. The maximum Gasteiger partial charge on any atom is 0.158 e. The van der Waals surface area contributed by atoms with Crippen LogP contribution in [0.4, 0.5) is 0 Å². The molecule has 12 heavy (non-hydrogen) atoms. The number of terminal acetylenes is 1. The Hall–Kier alpha value is -1.14. The van der Waals surface area contributed by atoms with Gasteiger partial charge in [0, 0.05) is 19.3 Å². The number of aliphatic hydroxyl groups is 1. The second-order valence-electron chi connectivity index (χ2n) is 2.57. The molecule has 0 bridgehead atoms. The van der Waals surface area contributed by atoms with E-state index in [4.69, 9.17) is 11.5 Å². The molecule has 0 aromatic carbocycles. The van der Waals surface area contributed by atoms with Crippen LogP contribution in [0.1, 0.15) is 26.2 Å². The molecule has 0 rings (SSSR count). The molecule has 3 nitrogen and oxygen atoms in total. The lowest BCUT2D eigenvalue weighted by molar-refractivity contribution is -0.130. The van der Waals surface area contributed by atoms with Crippen LogP contribution in [-0.2, 0) is 9.59 Å². The first-order valence-corrected chi connectivity index (χ1v) is 3.71. The molecule has 0 aromatic rings. The summed E-state index contributed by atoms with van der Waals surface area (Å²) < 4.78 is 0. The fourth-order valence-electron chi connectivity index (χ4n) is 0.673. The van der Waals surface area contributed by atoms with Crippen molar-refractivity contribution in [3.63, 3.8) is 0 Å². The highest BCUT2D eigenvalue weighted by Gasteiger charge is 2.13. The van der Waals surface area contributed by atoms with Gasteiger partial charge in [-0.1, -0.05) is 0 Å². The Morgan fingerprint density at radius 2 is 2.17 bits per heavy atom. The van der Waals surface area contributed by atoms with Crippen LogP contribution in [0.15, 0.2) is 0 Å². The van der Waals surface area contributed by atoms with Crippen LogP contribution < -0.4 is 0 Å².